The molecular formula is C15H25N5O8S. The van der Waals surface area contributed by atoms with Crippen LogP contribution in [0.1, 0.15) is 26.2 Å². The van der Waals surface area contributed by atoms with Crippen molar-refractivity contribution in [3.05, 3.63) is 0 Å². The van der Waals surface area contributed by atoms with Gasteiger partial charge in [-0.05, 0) is 13.3 Å². The highest BCUT2D eigenvalue weighted by molar-refractivity contribution is 7.80. The Morgan fingerprint density at radius 2 is 1.48 bits per heavy atom. The molecule has 0 aromatic heterocycles. The van der Waals surface area contributed by atoms with Gasteiger partial charge in [0, 0.05) is 12.2 Å². The molecule has 0 bridgehead atoms. The van der Waals surface area contributed by atoms with Crippen LogP contribution in [0.5, 0.6) is 0 Å². The third kappa shape index (κ3) is 10.3. The number of carbonyl (C=O) groups excluding carboxylic acids is 4. The predicted molar refractivity (Wildman–Crippen MR) is 102 cm³/mol. The van der Waals surface area contributed by atoms with E-state index in [1.54, 1.807) is 0 Å². The number of carbonyl (C=O) groups is 6. The average molecular weight is 435 g/mol. The average Bonchev–Trinajstić information content (AvgIpc) is 2.62. The fourth-order valence-electron chi connectivity index (χ4n) is 1.98. The van der Waals surface area contributed by atoms with Crippen LogP contribution in [0.15, 0.2) is 0 Å². The topological polar surface area (TPSA) is 231 Å². The van der Waals surface area contributed by atoms with Gasteiger partial charge in [-0.3, -0.25) is 24.0 Å². The molecule has 0 aromatic rings. The van der Waals surface area contributed by atoms with Crippen LogP contribution in [0, 0.1) is 0 Å². The highest BCUT2D eigenvalue weighted by atomic mass is 32.1. The van der Waals surface area contributed by atoms with Crippen LogP contribution in [0.2, 0.25) is 0 Å². The van der Waals surface area contributed by atoms with E-state index < -0.39 is 72.6 Å². The number of carboxylic acids is 2. The summed E-state index contributed by atoms with van der Waals surface area (Å²) in [5.41, 5.74) is 10.4. The number of thiol groups is 1. The smallest absolute Gasteiger partial charge is 0.326 e. The van der Waals surface area contributed by atoms with E-state index in [1.807, 2.05) is 5.32 Å². The normalized spacial score (nSPS) is 14.6. The van der Waals surface area contributed by atoms with Gasteiger partial charge in [-0.2, -0.15) is 12.6 Å². The van der Waals surface area contributed by atoms with Crippen molar-refractivity contribution in [2.75, 3.05) is 5.75 Å². The third-order valence-corrected chi connectivity index (χ3v) is 3.98. The number of amides is 4. The first-order valence-electron chi connectivity index (χ1n) is 8.39. The van der Waals surface area contributed by atoms with E-state index in [9.17, 15) is 28.8 Å². The van der Waals surface area contributed by atoms with Crippen LogP contribution in [0.4, 0.5) is 0 Å². The number of nitrogens with two attached hydrogens (primary N) is 2. The van der Waals surface area contributed by atoms with E-state index in [4.69, 9.17) is 21.7 Å². The molecule has 0 radical (unpaired) electrons. The van der Waals surface area contributed by atoms with E-state index in [0.717, 1.165) is 0 Å². The number of hydrogen-bond donors (Lipinski definition) is 8. The van der Waals surface area contributed by atoms with Crippen LogP contribution >= 0.6 is 12.6 Å². The summed E-state index contributed by atoms with van der Waals surface area (Å²) in [4.78, 5) is 69.0. The van der Waals surface area contributed by atoms with Crippen molar-refractivity contribution in [2.45, 2.75) is 50.4 Å². The Bertz CT molecular complexity index is 659. The minimum Gasteiger partial charge on any atom is -0.481 e. The van der Waals surface area contributed by atoms with Gasteiger partial charge in [-0.15, -0.1) is 0 Å². The molecule has 0 aliphatic heterocycles. The van der Waals surface area contributed by atoms with Crippen molar-refractivity contribution >= 4 is 48.2 Å². The largest absolute Gasteiger partial charge is 0.481 e. The zero-order valence-corrected chi connectivity index (χ0v) is 16.5. The number of aliphatic carboxylic acids is 2. The Kier molecular flexibility index (Phi) is 11.3. The molecule has 29 heavy (non-hydrogen) atoms. The minimum atomic E-state index is -1.59. The quantitative estimate of drug-likeness (QED) is 0.134. The van der Waals surface area contributed by atoms with E-state index in [0.29, 0.717) is 0 Å². The summed E-state index contributed by atoms with van der Waals surface area (Å²) < 4.78 is 0. The number of rotatable bonds is 13. The second-order valence-electron chi connectivity index (χ2n) is 6.08. The zero-order chi connectivity index (χ0) is 22.7. The van der Waals surface area contributed by atoms with Crippen molar-refractivity contribution in [1.82, 2.24) is 16.0 Å². The molecule has 0 fully saturated rings. The molecule has 9 N–H and O–H groups in total. The number of primary amides is 1. The Balaban J connectivity index is 5.08. The molecule has 0 rings (SSSR count). The van der Waals surface area contributed by atoms with Crippen LogP contribution in [0.3, 0.4) is 0 Å². The second-order valence-corrected chi connectivity index (χ2v) is 6.45. The molecule has 0 aliphatic rings. The van der Waals surface area contributed by atoms with Crippen LogP contribution in [-0.4, -0.2) is 75.7 Å². The van der Waals surface area contributed by atoms with Gasteiger partial charge in [0.25, 0.3) is 0 Å². The lowest BCUT2D eigenvalue weighted by molar-refractivity contribution is -0.143. The summed E-state index contributed by atoms with van der Waals surface area (Å²) in [5, 5.41) is 24.3. The summed E-state index contributed by atoms with van der Waals surface area (Å²) in [5.74, 6) is -6.23. The second kappa shape index (κ2) is 12.6. The lowest BCUT2D eigenvalue weighted by atomic mass is 10.1. The molecule has 13 nitrogen and oxygen atoms in total. The maximum absolute atomic E-state index is 12.4. The maximum atomic E-state index is 12.4. The van der Waals surface area contributed by atoms with Gasteiger partial charge in [0.15, 0.2) is 0 Å². The molecule has 0 heterocycles. The monoisotopic (exact) mass is 435 g/mol. The number of hydrogen-bond acceptors (Lipinski definition) is 8. The van der Waals surface area contributed by atoms with E-state index in [2.05, 4.69) is 23.3 Å². The van der Waals surface area contributed by atoms with Crippen molar-refractivity contribution in [3.63, 3.8) is 0 Å². The minimum absolute atomic E-state index is 0.0195. The van der Waals surface area contributed by atoms with E-state index in [1.165, 1.54) is 6.92 Å². The molecule has 4 atom stereocenters. The Hall–Kier alpha value is -2.87. The van der Waals surface area contributed by atoms with Gasteiger partial charge < -0.3 is 37.6 Å². The molecule has 14 heteroatoms. The maximum Gasteiger partial charge on any atom is 0.326 e. The summed E-state index contributed by atoms with van der Waals surface area (Å²) in [6.07, 6.45) is -1.38. The highest BCUT2D eigenvalue weighted by Gasteiger charge is 2.29. The summed E-state index contributed by atoms with van der Waals surface area (Å²) in [7, 11) is 0. The SMILES string of the molecule is CC(NC(=O)C(CCC(=O)O)NC(=O)C(N)CS)C(=O)NC(CC(N)=O)C(=O)O. The highest BCUT2D eigenvalue weighted by Crippen LogP contribution is 2.01. The van der Waals surface area contributed by atoms with Gasteiger partial charge in [0.1, 0.15) is 18.1 Å². The van der Waals surface area contributed by atoms with Crippen molar-refractivity contribution in [2.24, 2.45) is 11.5 Å². The molecule has 0 saturated heterocycles. The fraction of sp³-hybridized carbons (Fsp3) is 0.600. The van der Waals surface area contributed by atoms with E-state index >= 15 is 0 Å². The zero-order valence-electron chi connectivity index (χ0n) is 15.6. The van der Waals surface area contributed by atoms with Gasteiger partial charge in [-0.25, -0.2) is 4.79 Å². The van der Waals surface area contributed by atoms with Crippen LogP contribution in [0.25, 0.3) is 0 Å². The lowest BCUT2D eigenvalue weighted by Crippen LogP contribution is -2.56. The van der Waals surface area contributed by atoms with Gasteiger partial charge in [0.05, 0.1) is 12.5 Å². The molecule has 164 valence electrons. The standard InChI is InChI=1S/C15H25N5O8S/c1-6(12(24)20-9(15(27)28)4-10(17)21)18-14(26)8(2-3-11(22)23)19-13(25)7(16)5-29/h6-9,29H,2-5,16H2,1H3,(H2,17,21)(H,18,26)(H,19,25)(H,20,24)(H,22,23)(H,27,28). The van der Waals surface area contributed by atoms with Crippen molar-refractivity contribution in [1.29, 1.82) is 0 Å². The first kappa shape index (κ1) is 26.1. The van der Waals surface area contributed by atoms with Gasteiger partial charge in [0.2, 0.25) is 23.6 Å². The molecular weight excluding hydrogens is 410 g/mol. The predicted octanol–water partition coefficient (Wildman–Crippen LogP) is -3.46. The number of nitrogens with one attached hydrogen (secondary N) is 3. The fourth-order valence-corrected chi connectivity index (χ4v) is 2.14. The van der Waals surface area contributed by atoms with Crippen molar-refractivity contribution in [3.8, 4) is 0 Å². The molecule has 4 amide bonds. The number of carboxylic acid groups (broad SMARTS) is 2. The Labute approximate surface area is 171 Å². The van der Waals surface area contributed by atoms with Crippen LogP contribution in [-0.2, 0) is 28.8 Å². The molecule has 0 aromatic carbocycles. The molecule has 0 aliphatic carbocycles. The Morgan fingerprint density at radius 1 is 0.931 bits per heavy atom. The molecule has 4 unspecified atom stereocenters. The van der Waals surface area contributed by atoms with Crippen LogP contribution < -0.4 is 27.4 Å². The first-order chi connectivity index (χ1) is 13.4. The third-order valence-electron chi connectivity index (χ3n) is 3.59. The van der Waals surface area contributed by atoms with Gasteiger partial charge >= 0.3 is 11.9 Å². The summed E-state index contributed by atoms with van der Waals surface area (Å²) >= 11 is 3.85. The summed E-state index contributed by atoms with van der Waals surface area (Å²) in [6, 6.07) is -5.19. The molecule has 0 saturated carbocycles. The summed E-state index contributed by atoms with van der Waals surface area (Å²) in [6.45, 7) is 1.23. The van der Waals surface area contributed by atoms with Gasteiger partial charge in [-0.1, -0.05) is 0 Å². The first-order valence-corrected chi connectivity index (χ1v) is 9.02. The van der Waals surface area contributed by atoms with Crippen molar-refractivity contribution < 1.29 is 39.0 Å². The Morgan fingerprint density at radius 3 is 1.93 bits per heavy atom. The lowest BCUT2D eigenvalue weighted by Gasteiger charge is -2.22. The van der Waals surface area contributed by atoms with E-state index in [-0.39, 0.29) is 12.2 Å². The molecule has 0 spiro atoms.